The monoisotopic (exact) mass is 268 g/mol. The molecule has 1 aromatic carbocycles. The summed E-state index contributed by atoms with van der Waals surface area (Å²) in [5.74, 6) is 2.10. The fourth-order valence-corrected chi connectivity index (χ4v) is 3.65. The lowest BCUT2D eigenvalue weighted by Gasteiger charge is -2.41. The molecule has 2 nitrogen and oxygen atoms in total. The summed E-state index contributed by atoms with van der Waals surface area (Å²) in [6, 6.07) is 7.50. The Morgan fingerprint density at radius 3 is 2.61 bits per heavy atom. The molecule has 0 aromatic heterocycles. The van der Waals surface area contributed by atoms with E-state index in [0.29, 0.717) is 6.04 Å². The zero-order valence-electron chi connectivity index (χ0n) is 11.0. The van der Waals surface area contributed by atoms with Gasteiger partial charge in [-0.1, -0.05) is 12.1 Å². The minimum atomic E-state index is -0.190. The lowest BCUT2D eigenvalue weighted by atomic mass is 9.97. The molecule has 3 unspecified atom stereocenters. The van der Waals surface area contributed by atoms with Crippen molar-refractivity contribution in [3.8, 4) is 0 Å². The minimum Gasteiger partial charge on any atom is -0.326 e. The first-order valence-corrected chi connectivity index (χ1v) is 7.59. The molecule has 0 amide bonds. The van der Waals surface area contributed by atoms with Crippen LogP contribution in [0.3, 0.4) is 0 Å². The van der Waals surface area contributed by atoms with Crippen LogP contribution in [0.25, 0.3) is 0 Å². The van der Waals surface area contributed by atoms with Gasteiger partial charge in [-0.05, 0) is 31.5 Å². The fraction of sp³-hybridized carbons (Fsp3) is 0.571. The quantitative estimate of drug-likeness (QED) is 0.914. The highest BCUT2D eigenvalue weighted by molar-refractivity contribution is 7.99. The topological polar surface area (TPSA) is 29.3 Å². The molecule has 1 heterocycles. The molecular weight excluding hydrogens is 247 g/mol. The van der Waals surface area contributed by atoms with E-state index >= 15 is 0 Å². The van der Waals surface area contributed by atoms with Gasteiger partial charge >= 0.3 is 0 Å². The zero-order valence-corrected chi connectivity index (χ0v) is 11.8. The Balaban J connectivity index is 2.24. The van der Waals surface area contributed by atoms with Gasteiger partial charge in [0.2, 0.25) is 0 Å². The third-order valence-corrected chi connectivity index (χ3v) is 4.68. The molecule has 1 saturated heterocycles. The Bertz CT molecular complexity index is 380. The summed E-state index contributed by atoms with van der Waals surface area (Å²) in [7, 11) is 0. The second-order valence-electron chi connectivity index (χ2n) is 5.02. The molecule has 0 radical (unpaired) electrons. The highest BCUT2D eigenvalue weighted by atomic mass is 32.2. The SMILES string of the molecule is CC(N)C(c1ccc(F)cc1)N1CCSCC1C. The van der Waals surface area contributed by atoms with Gasteiger partial charge in [-0.25, -0.2) is 4.39 Å². The average Bonchev–Trinajstić information content (AvgIpc) is 2.34. The van der Waals surface area contributed by atoms with Crippen molar-refractivity contribution >= 4 is 11.8 Å². The van der Waals surface area contributed by atoms with E-state index < -0.39 is 0 Å². The predicted octanol–water partition coefficient (Wildman–Crippen LogP) is 2.65. The van der Waals surface area contributed by atoms with Crippen LogP contribution >= 0.6 is 11.8 Å². The Kier molecular flexibility index (Phi) is 4.65. The minimum absolute atomic E-state index is 0.0426. The van der Waals surface area contributed by atoms with Gasteiger partial charge in [-0.15, -0.1) is 0 Å². The van der Waals surface area contributed by atoms with E-state index in [0.717, 1.165) is 23.6 Å². The van der Waals surface area contributed by atoms with Crippen LogP contribution in [0.15, 0.2) is 24.3 Å². The number of nitrogens with zero attached hydrogens (tertiary/aromatic N) is 1. The Hall–Kier alpha value is -0.580. The standard InChI is InChI=1S/C14H21FN2S/c1-10-9-18-8-7-17(10)14(11(2)16)12-3-5-13(15)6-4-12/h3-6,10-11,14H,7-9,16H2,1-2H3. The summed E-state index contributed by atoms with van der Waals surface area (Å²) >= 11 is 1.99. The van der Waals surface area contributed by atoms with Crippen molar-refractivity contribution < 1.29 is 4.39 Å². The van der Waals surface area contributed by atoms with Gasteiger partial charge in [-0.2, -0.15) is 11.8 Å². The summed E-state index contributed by atoms with van der Waals surface area (Å²) < 4.78 is 13.0. The van der Waals surface area contributed by atoms with E-state index in [1.807, 2.05) is 30.8 Å². The molecule has 0 aliphatic carbocycles. The second-order valence-corrected chi connectivity index (χ2v) is 6.17. The summed E-state index contributed by atoms with van der Waals surface area (Å²) in [5.41, 5.74) is 7.27. The molecule has 0 spiro atoms. The second kappa shape index (κ2) is 6.04. The summed E-state index contributed by atoms with van der Waals surface area (Å²) in [5, 5.41) is 0. The van der Waals surface area contributed by atoms with Crippen LogP contribution in [0.5, 0.6) is 0 Å². The van der Waals surface area contributed by atoms with E-state index in [9.17, 15) is 4.39 Å². The van der Waals surface area contributed by atoms with Crippen molar-refractivity contribution in [2.75, 3.05) is 18.1 Å². The van der Waals surface area contributed by atoms with Crippen molar-refractivity contribution in [2.45, 2.75) is 32.0 Å². The van der Waals surface area contributed by atoms with E-state index in [-0.39, 0.29) is 17.9 Å². The number of hydrogen-bond acceptors (Lipinski definition) is 3. The highest BCUT2D eigenvalue weighted by Crippen LogP contribution is 2.29. The van der Waals surface area contributed by atoms with E-state index in [4.69, 9.17) is 5.73 Å². The van der Waals surface area contributed by atoms with Gasteiger partial charge in [-0.3, -0.25) is 4.90 Å². The fourth-order valence-electron chi connectivity index (χ4n) is 2.61. The van der Waals surface area contributed by atoms with Gasteiger partial charge in [0.15, 0.2) is 0 Å². The Morgan fingerprint density at radius 2 is 2.06 bits per heavy atom. The van der Waals surface area contributed by atoms with Crippen LogP contribution in [-0.4, -0.2) is 35.0 Å². The highest BCUT2D eigenvalue weighted by Gasteiger charge is 2.29. The van der Waals surface area contributed by atoms with Crippen LogP contribution in [0.4, 0.5) is 4.39 Å². The van der Waals surface area contributed by atoms with Crippen LogP contribution in [0, 0.1) is 5.82 Å². The van der Waals surface area contributed by atoms with Crippen molar-refractivity contribution in [1.82, 2.24) is 4.90 Å². The molecule has 2 N–H and O–H groups in total. The Labute approximate surface area is 113 Å². The van der Waals surface area contributed by atoms with Crippen LogP contribution in [0.1, 0.15) is 25.5 Å². The smallest absolute Gasteiger partial charge is 0.123 e. The largest absolute Gasteiger partial charge is 0.326 e. The van der Waals surface area contributed by atoms with Gasteiger partial charge in [0, 0.05) is 36.2 Å². The molecular formula is C14H21FN2S. The normalized spacial score (nSPS) is 24.8. The number of rotatable bonds is 3. The third kappa shape index (κ3) is 3.05. The molecule has 0 bridgehead atoms. The van der Waals surface area contributed by atoms with Crippen LogP contribution in [-0.2, 0) is 0 Å². The first-order chi connectivity index (χ1) is 8.59. The molecule has 18 heavy (non-hydrogen) atoms. The summed E-state index contributed by atoms with van der Waals surface area (Å²) in [6.45, 7) is 5.32. The molecule has 1 aliphatic rings. The molecule has 2 rings (SSSR count). The Morgan fingerprint density at radius 1 is 1.39 bits per heavy atom. The molecule has 1 aliphatic heterocycles. The third-order valence-electron chi connectivity index (χ3n) is 3.49. The number of benzene rings is 1. The van der Waals surface area contributed by atoms with Crippen molar-refractivity contribution in [2.24, 2.45) is 5.73 Å². The van der Waals surface area contributed by atoms with Crippen molar-refractivity contribution in [3.63, 3.8) is 0 Å². The van der Waals surface area contributed by atoms with Crippen LogP contribution in [0.2, 0.25) is 0 Å². The lowest BCUT2D eigenvalue weighted by Crippen LogP contribution is -2.48. The molecule has 100 valence electrons. The number of halogens is 1. The number of nitrogens with two attached hydrogens (primary N) is 1. The van der Waals surface area contributed by atoms with Crippen molar-refractivity contribution in [3.05, 3.63) is 35.6 Å². The lowest BCUT2D eigenvalue weighted by molar-refractivity contribution is 0.143. The maximum atomic E-state index is 13.0. The van der Waals surface area contributed by atoms with Crippen LogP contribution < -0.4 is 5.73 Å². The predicted molar refractivity (Wildman–Crippen MR) is 76.3 cm³/mol. The van der Waals surface area contributed by atoms with E-state index in [1.165, 1.54) is 12.1 Å². The molecule has 0 saturated carbocycles. The first-order valence-electron chi connectivity index (χ1n) is 6.44. The first kappa shape index (κ1) is 13.8. The van der Waals surface area contributed by atoms with E-state index in [1.54, 1.807) is 0 Å². The van der Waals surface area contributed by atoms with E-state index in [2.05, 4.69) is 11.8 Å². The molecule has 3 atom stereocenters. The van der Waals surface area contributed by atoms with Crippen molar-refractivity contribution in [1.29, 1.82) is 0 Å². The number of hydrogen-bond donors (Lipinski definition) is 1. The molecule has 4 heteroatoms. The maximum Gasteiger partial charge on any atom is 0.123 e. The van der Waals surface area contributed by atoms with Gasteiger partial charge < -0.3 is 5.73 Å². The summed E-state index contributed by atoms with van der Waals surface area (Å²) in [4.78, 5) is 2.45. The van der Waals surface area contributed by atoms with Gasteiger partial charge in [0.1, 0.15) is 5.82 Å². The van der Waals surface area contributed by atoms with Gasteiger partial charge in [0.05, 0.1) is 0 Å². The molecule has 1 fully saturated rings. The number of thioether (sulfide) groups is 1. The average molecular weight is 268 g/mol. The zero-order chi connectivity index (χ0) is 13.1. The maximum absolute atomic E-state index is 13.0. The summed E-state index contributed by atoms with van der Waals surface area (Å²) in [6.07, 6.45) is 0. The molecule has 1 aromatic rings. The van der Waals surface area contributed by atoms with Gasteiger partial charge in [0.25, 0.3) is 0 Å².